The number of hydrogen-bond donors (Lipinski definition) is 2. The highest BCUT2D eigenvalue weighted by atomic mass is 79.9. The summed E-state index contributed by atoms with van der Waals surface area (Å²) in [6, 6.07) is 13.9. The summed E-state index contributed by atoms with van der Waals surface area (Å²) in [7, 11) is -4.09. The van der Waals surface area contributed by atoms with E-state index < -0.39 is 22.0 Å². The van der Waals surface area contributed by atoms with Crippen molar-refractivity contribution in [2.45, 2.75) is 17.9 Å². The molecule has 1 amide bonds. The van der Waals surface area contributed by atoms with Gasteiger partial charge in [0.15, 0.2) is 0 Å². The summed E-state index contributed by atoms with van der Waals surface area (Å²) in [6.45, 7) is 1.77. The first kappa shape index (κ1) is 24.4. The van der Waals surface area contributed by atoms with Crippen LogP contribution >= 0.6 is 39.1 Å². The second-order valence-electron chi connectivity index (χ2n) is 7.34. The zero-order valence-corrected chi connectivity index (χ0v) is 21.5. The third kappa shape index (κ3) is 5.17. The summed E-state index contributed by atoms with van der Waals surface area (Å²) in [5.41, 5.74) is 1.57. The molecule has 0 spiro atoms. The van der Waals surface area contributed by atoms with Gasteiger partial charge < -0.3 is 5.32 Å². The maximum atomic E-state index is 13.3. The zero-order chi connectivity index (χ0) is 24.5. The van der Waals surface area contributed by atoms with E-state index in [1.165, 1.54) is 30.6 Å². The Morgan fingerprint density at radius 1 is 1.03 bits per heavy atom. The van der Waals surface area contributed by atoms with Crippen molar-refractivity contribution in [3.05, 3.63) is 92.6 Å². The van der Waals surface area contributed by atoms with Crippen molar-refractivity contribution in [2.24, 2.45) is 0 Å². The first-order valence-corrected chi connectivity index (χ1v) is 13.0. The number of rotatable bonds is 6. The van der Waals surface area contributed by atoms with Crippen LogP contribution in [0.5, 0.6) is 0 Å². The summed E-state index contributed by atoms with van der Waals surface area (Å²) < 4.78 is 29.6. The molecule has 34 heavy (non-hydrogen) atoms. The first-order valence-electron chi connectivity index (χ1n) is 9.93. The number of nitrogens with one attached hydrogen (secondary N) is 2. The molecule has 1 heterocycles. The topological polar surface area (TPSA) is 101 Å². The van der Waals surface area contributed by atoms with Crippen molar-refractivity contribution >= 4 is 71.8 Å². The summed E-state index contributed by atoms with van der Waals surface area (Å²) in [5.74, 6) is -0.485. The lowest BCUT2D eigenvalue weighted by atomic mass is 10.1. The molecule has 7 nitrogen and oxygen atoms in total. The Bertz CT molecular complexity index is 1510. The van der Waals surface area contributed by atoms with Gasteiger partial charge in [0.05, 0.1) is 22.8 Å². The number of hydrogen-bond acceptors (Lipinski definition) is 5. The van der Waals surface area contributed by atoms with E-state index in [1.807, 2.05) is 0 Å². The third-order valence-electron chi connectivity index (χ3n) is 5.00. The highest BCUT2D eigenvalue weighted by Crippen LogP contribution is 2.29. The van der Waals surface area contributed by atoms with E-state index in [1.54, 1.807) is 43.3 Å². The van der Waals surface area contributed by atoms with Crippen LogP contribution in [0.15, 0.2) is 76.4 Å². The van der Waals surface area contributed by atoms with E-state index >= 15 is 0 Å². The van der Waals surface area contributed by atoms with E-state index in [0.29, 0.717) is 25.6 Å². The maximum Gasteiger partial charge on any atom is 0.264 e. The number of amides is 1. The number of nitrogens with zero attached hydrogens (tertiary/aromatic N) is 2. The van der Waals surface area contributed by atoms with Crippen LogP contribution in [0.1, 0.15) is 28.9 Å². The standard InChI is InChI=1S/C23H17BrCl2N4O3S/c1-13(16-8-6-15(25)12-18(16)26)29-23(31)17-7-5-14(24)11-20(17)30-34(32,33)21-4-2-3-19-22(21)28-10-9-27-19/h2-13,30H,1H3,(H,29,31)/t13-/m1/s1. The molecule has 2 N–H and O–H groups in total. The van der Waals surface area contributed by atoms with Crippen LogP contribution in [-0.2, 0) is 10.0 Å². The molecular formula is C23H17BrCl2N4O3S. The SMILES string of the molecule is C[C@@H](NC(=O)c1ccc(Br)cc1NS(=O)(=O)c1cccc2nccnc12)c1ccc(Cl)cc1Cl. The second kappa shape index (κ2) is 9.87. The highest BCUT2D eigenvalue weighted by Gasteiger charge is 2.23. The molecule has 0 aliphatic heterocycles. The Morgan fingerprint density at radius 3 is 2.56 bits per heavy atom. The maximum absolute atomic E-state index is 13.3. The van der Waals surface area contributed by atoms with E-state index in [0.717, 1.165) is 0 Å². The molecule has 11 heteroatoms. The lowest BCUT2D eigenvalue weighted by molar-refractivity contribution is 0.0941. The van der Waals surface area contributed by atoms with Crippen LogP contribution < -0.4 is 10.0 Å². The molecule has 174 valence electrons. The molecule has 4 rings (SSSR count). The minimum Gasteiger partial charge on any atom is -0.345 e. The van der Waals surface area contributed by atoms with Crippen LogP contribution in [0, 0.1) is 0 Å². The molecule has 0 bridgehead atoms. The number of benzene rings is 3. The van der Waals surface area contributed by atoms with Gasteiger partial charge in [-0.1, -0.05) is 51.3 Å². The fourth-order valence-corrected chi connectivity index (χ4v) is 5.56. The Kier molecular flexibility index (Phi) is 7.09. The van der Waals surface area contributed by atoms with E-state index in [9.17, 15) is 13.2 Å². The number of carbonyl (C=O) groups excluding carboxylic acids is 1. The molecule has 0 radical (unpaired) electrons. The predicted octanol–water partition coefficient (Wildman–Crippen LogP) is 5.99. The minimum atomic E-state index is -4.09. The Morgan fingerprint density at radius 2 is 1.79 bits per heavy atom. The average Bonchev–Trinajstić information content (AvgIpc) is 2.78. The van der Waals surface area contributed by atoms with Gasteiger partial charge in [0.1, 0.15) is 10.4 Å². The van der Waals surface area contributed by atoms with E-state index in [-0.39, 0.29) is 21.7 Å². The van der Waals surface area contributed by atoms with Gasteiger partial charge in [-0.2, -0.15) is 0 Å². The molecule has 0 saturated heterocycles. The van der Waals surface area contributed by atoms with Gasteiger partial charge in [-0.3, -0.25) is 19.5 Å². The second-order valence-corrected chi connectivity index (χ2v) is 10.7. The molecule has 0 saturated carbocycles. The Balaban J connectivity index is 1.66. The van der Waals surface area contributed by atoms with Gasteiger partial charge in [-0.05, 0) is 55.0 Å². The smallest absolute Gasteiger partial charge is 0.264 e. The molecule has 1 aromatic heterocycles. The molecular weight excluding hydrogens is 563 g/mol. The van der Waals surface area contributed by atoms with Crippen LogP contribution in [0.25, 0.3) is 11.0 Å². The van der Waals surface area contributed by atoms with Crippen LogP contribution in [-0.4, -0.2) is 24.3 Å². The lowest BCUT2D eigenvalue weighted by Crippen LogP contribution is -2.28. The summed E-state index contributed by atoms with van der Waals surface area (Å²) >= 11 is 15.6. The molecule has 1 atom stereocenters. The summed E-state index contributed by atoms with van der Waals surface area (Å²) in [6.07, 6.45) is 2.90. The quantitative estimate of drug-likeness (QED) is 0.292. The molecule has 4 aromatic rings. The van der Waals surface area contributed by atoms with Crippen LogP contribution in [0.2, 0.25) is 10.0 Å². The van der Waals surface area contributed by atoms with Crippen molar-refractivity contribution in [1.29, 1.82) is 0 Å². The number of fused-ring (bicyclic) bond motifs is 1. The Labute approximate surface area is 214 Å². The predicted molar refractivity (Wildman–Crippen MR) is 137 cm³/mol. The van der Waals surface area contributed by atoms with Crippen molar-refractivity contribution in [1.82, 2.24) is 15.3 Å². The monoisotopic (exact) mass is 578 g/mol. The largest absolute Gasteiger partial charge is 0.345 e. The van der Waals surface area contributed by atoms with E-state index in [2.05, 4.69) is 35.9 Å². The number of halogens is 3. The number of sulfonamides is 1. The number of carbonyl (C=O) groups is 1. The van der Waals surface area contributed by atoms with Crippen LogP contribution in [0.3, 0.4) is 0 Å². The summed E-state index contributed by atoms with van der Waals surface area (Å²) in [4.78, 5) is 21.4. The molecule has 0 fully saturated rings. The number of aromatic nitrogens is 2. The van der Waals surface area contributed by atoms with Gasteiger partial charge in [0.2, 0.25) is 0 Å². The number of para-hydroxylation sites is 1. The fourth-order valence-electron chi connectivity index (χ4n) is 3.39. The first-order chi connectivity index (χ1) is 16.2. The normalized spacial score (nSPS) is 12.4. The number of anilines is 1. The Hall–Kier alpha value is -2.72. The molecule has 3 aromatic carbocycles. The van der Waals surface area contributed by atoms with Crippen molar-refractivity contribution in [3.8, 4) is 0 Å². The van der Waals surface area contributed by atoms with Gasteiger partial charge in [0.25, 0.3) is 15.9 Å². The third-order valence-corrected chi connectivity index (χ3v) is 7.45. The van der Waals surface area contributed by atoms with Crippen LogP contribution in [0.4, 0.5) is 5.69 Å². The molecule has 0 aliphatic carbocycles. The average molecular weight is 580 g/mol. The van der Waals surface area contributed by atoms with Gasteiger partial charge in [-0.25, -0.2) is 8.42 Å². The summed E-state index contributed by atoms with van der Waals surface area (Å²) in [5, 5.41) is 3.74. The highest BCUT2D eigenvalue weighted by molar-refractivity contribution is 9.10. The lowest BCUT2D eigenvalue weighted by Gasteiger charge is -2.18. The van der Waals surface area contributed by atoms with Crippen molar-refractivity contribution in [2.75, 3.05) is 4.72 Å². The van der Waals surface area contributed by atoms with Gasteiger partial charge in [-0.15, -0.1) is 0 Å². The van der Waals surface area contributed by atoms with Gasteiger partial charge in [0, 0.05) is 26.9 Å². The fraction of sp³-hybridized carbons (Fsp3) is 0.0870. The van der Waals surface area contributed by atoms with E-state index in [4.69, 9.17) is 23.2 Å². The van der Waals surface area contributed by atoms with Crippen molar-refractivity contribution in [3.63, 3.8) is 0 Å². The van der Waals surface area contributed by atoms with Crippen molar-refractivity contribution < 1.29 is 13.2 Å². The molecule has 0 unspecified atom stereocenters. The minimum absolute atomic E-state index is 0.0502. The molecule has 0 aliphatic rings. The van der Waals surface area contributed by atoms with Gasteiger partial charge >= 0.3 is 0 Å². The zero-order valence-electron chi connectivity index (χ0n) is 17.6.